The first-order valence-electron chi connectivity index (χ1n) is 20.8. The zero-order chi connectivity index (χ0) is 42.4. The van der Waals surface area contributed by atoms with Gasteiger partial charge in [-0.2, -0.15) is 0 Å². The van der Waals surface area contributed by atoms with Gasteiger partial charge in [0, 0.05) is 62.7 Å². The minimum absolute atomic E-state index is 0.0404. The van der Waals surface area contributed by atoms with E-state index in [1.807, 2.05) is 0 Å². The summed E-state index contributed by atoms with van der Waals surface area (Å²) in [7, 11) is 2.07. The second kappa shape index (κ2) is 16.8. The lowest BCUT2D eigenvalue weighted by atomic mass is 9.46. The molecule has 14 nitrogen and oxygen atoms in total. The molecule has 2 saturated heterocycles. The van der Waals surface area contributed by atoms with Crippen LogP contribution in [-0.2, 0) is 33.3 Å². The van der Waals surface area contributed by atoms with Crippen LogP contribution in [0.2, 0.25) is 0 Å². The number of Topliss-reactive ketones (excluding diaryl/α,β-unsaturated/α-hetero) is 1. The molecule has 6 unspecified atom stereocenters. The van der Waals surface area contributed by atoms with E-state index in [1.54, 1.807) is 88.4 Å². The smallest absolute Gasteiger partial charge is 0.350 e. The van der Waals surface area contributed by atoms with E-state index < -0.39 is 94.6 Å². The Bertz CT molecular complexity index is 1920. The van der Waals surface area contributed by atoms with E-state index in [2.05, 4.69) is 16.8 Å². The van der Waals surface area contributed by atoms with Gasteiger partial charge in [0.25, 0.3) is 0 Å². The highest BCUT2D eigenvalue weighted by Gasteiger charge is 2.72. The van der Waals surface area contributed by atoms with E-state index >= 15 is 0 Å². The van der Waals surface area contributed by atoms with Crippen molar-refractivity contribution in [2.24, 2.45) is 28.4 Å². The molecule has 2 aromatic carbocycles. The summed E-state index contributed by atoms with van der Waals surface area (Å²) in [6, 6.07) is 15.8. The van der Waals surface area contributed by atoms with E-state index in [1.165, 1.54) is 0 Å². The molecule has 5 aliphatic rings. The second-order valence-corrected chi connectivity index (χ2v) is 17.9. The van der Waals surface area contributed by atoms with Crippen LogP contribution in [-0.4, -0.2) is 137 Å². The molecule has 5 N–H and O–H groups in total. The zero-order valence-corrected chi connectivity index (χ0v) is 34.6. The van der Waals surface area contributed by atoms with Crippen molar-refractivity contribution >= 4 is 23.7 Å². The molecule has 7 rings (SSSR count). The molecule has 0 aromatic heterocycles. The van der Waals surface area contributed by atoms with Gasteiger partial charge in [0.1, 0.15) is 23.9 Å². The van der Waals surface area contributed by atoms with Gasteiger partial charge < -0.3 is 49.8 Å². The first-order valence-corrected chi connectivity index (χ1v) is 20.8. The van der Waals surface area contributed by atoms with Crippen molar-refractivity contribution in [3.05, 3.63) is 82.9 Å². The van der Waals surface area contributed by atoms with Gasteiger partial charge in [0.15, 0.2) is 5.78 Å². The maximum Gasteiger partial charge on any atom is 0.350 e. The molecule has 0 radical (unpaired) electrons. The number of ketones is 1. The summed E-state index contributed by atoms with van der Waals surface area (Å²) in [6.07, 6.45) is -7.61. The molecule has 2 saturated carbocycles. The predicted molar refractivity (Wildman–Crippen MR) is 214 cm³/mol. The standard InChI is InChI=1S/C45H59N3O11/c1-26-31(57-42(54)38(36(46)27-13-8-6-9-14-27)58-33(50)17-12-18-48-21-19-47(5)20-22-48)24-45(55)40(59-41(53)28-15-10-7-11-16-28)35-29-25-56-30(29)23-32(49)44(35,4)39(52)37(51)34(26)43(45,2)3/h6-11,13-16,29-32,35-38,40,49,51,55H,12,17-25,46H2,1-5H3/t29?,30?,31-,32-,35?,36-,37+,38?,40-,44?,45?/m0/s1. The minimum Gasteiger partial charge on any atom is -0.455 e. The quantitative estimate of drug-likeness (QED) is 0.147. The van der Waals surface area contributed by atoms with Gasteiger partial charge in [0.05, 0.1) is 35.8 Å². The van der Waals surface area contributed by atoms with Crippen molar-refractivity contribution in [2.75, 3.05) is 46.4 Å². The summed E-state index contributed by atoms with van der Waals surface area (Å²) in [5.41, 5.74) is 2.56. The fraction of sp³-hybridized carbons (Fsp3) is 0.600. The highest BCUT2D eigenvalue weighted by atomic mass is 16.6. The summed E-state index contributed by atoms with van der Waals surface area (Å²) in [5, 5.41) is 37.2. The lowest BCUT2D eigenvalue weighted by Gasteiger charge is -2.64. The lowest BCUT2D eigenvalue weighted by molar-refractivity contribution is -0.277. The van der Waals surface area contributed by atoms with Crippen molar-refractivity contribution in [3.63, 3.8) is 0 Å². The number of ether oxygens (including phenoxy) is 4. The first-order chi connectivity index (χ1) is 28.0. The van der Waals surface area contributed by atoms with Crippen LogP contribution in [0.3, 0.4) is 0 Å². The Kier molecular flexibility index (Phi) is 12.3. The third kappa shape index (κ3) is 7.77. The Morgan fingerprint density at radius 3 is 2.24 bits per heavy atom. The topological polar surface area (TPSA) is 198 Å². The van der Waals surface area contributed by atoms with Gasteiger partial charge in [-0.15, -0.1) is 0 Å². The number of nitrogens with two attached hydrogens (primary N) is 1. The summed E-state index contributed by atoms with van der Waals surface area (Å²) in [6.45, 7) is 11.0. The SMILES string of the molecule is CC1=C2[C@@H](O)C(=O)C3(C)C(C4COC4C[C@@H]3O)[C@H](OC(=O)c3ccccc3)C(O)(C[C@@H]1OC(=O)C(OC(=O)CCCN1CCN(C)CC1)[C@@H](N)c1ccccc1)C2(C)C. The zero-order valence-electron chi connectivity index (χ0n) is 34.6. The van der Waals surface area contributed by atoms with Crippen molar-refractivity contribution < 1.29 is 53.4 Å². The minimum atomic E-state index is -2.10. The number of piperazine rings is 1. The fourth-order valence-electron chi connectivity index (χ4n) is 10.4. The van der Waals surface area contributed by atoms with Crippen LogP contribution in [0.1, 0.15) is 75.3 Å². The largest absolute Gasteiger partial charge is 0.455 e. The van der Waals surface area contributed by atoms with Crippen LogP contribution in [0.5, 0.6) is 0 Å². The third-order valence-electron chi connectivity index (χ3n) is 14.2. The lowest BCUT2D eigenvalue weighted by Crippen LogP contribution is -2.75. The van der Waals surface area contributed by atoms with Crippen molar-refractivity contribution in [1.29, 1.82) is 0 Å². The number of likely N-dealkylation sites (N-methyl/N-ethyl adjacent to an activating group) is 1. The molecule has 320 valence electrons. The van der Waals surface area contributed by atoms with Gasteiger partial charge in [0.2, 0.25) is 6.10 Å². The van der Waals surface area contributed by atoms with E-state index in [4.69, 9.17) is 24.7 Å². The van der Waals surface area contributed by atoms with Crippen molar-refractivity contribution in [3.8, 4) is 0 Å². The molecule has 2 bridgehead atoms. The molecule has 4 fully saturated rings. The summed E-state index contributed by atoms with van der Waals surface area (Å²) in [4.78, 5) is 61.2. The number of carbonyl (C=O) groups is 4. The Morgan fingerprint density at radius 2 is 1.61 bits per heavy atom. The monoisotopic (exact) mass is 817 g/mol. The number of aliphatic hydroxyl groups excluding tert-OH is 2. The van der Waals surface area contributed by atoms with Crippen LogP contribution < -0.4 is 5.73 Å². The van der Waals surface area contributed by atoms with Crippen LogP contribution in [0.25, 0.3) is 0 Å². The van der Waals surface area contributed by atoms with Crippen LogP contribution in [0.4, 0.5) is 0 Å². The predicted octanol–water partition coefficient (Wildman–Crippen LogP) is 2.59. The van der Waals surface area contributed by atoms with E-state index in [-0.39, 0.29) is 37.0 Å². The molecule has 2 aliphatic heterocycles. The number of nitrogens with zero attached hydrogens (tertiary/aromatic N) is 2. The Hall–Kier alpha value is -4.02. The fourth-order valence-corrected chi connectivity index (χ4v) is 10.4. The number of rotatable bonds is 11. The Labute approximate surface area is 345 Å². The maximum atomic E-state index is 14.8. The number of hydrogen-bond donors (Lipinski definition) is 4. The van der Waals surface area contributed by atoms with Gasteiger partial charge in [-0.3, -0.25) is 9.59 Å². The van der Waals surface area contributed by atoms with E-state index in [0.717, 1.165) is 26.2 Å². The summed E-state index contributed by atoms with van der Waals surface area (Å²) in [5.74, 6) is -4.51. The van der Waals surface area contributed by atoms with Crippen LogP contribution in [0.15, 0.2) is 71.8 Å². The number of benzene rings is 2. The second-order valence-electron chi connectivity index (χ2n) is 17.9. The molecule has 0 amide bonds. The summed E-state index contributed by atoms with van der Waals surface area (Å²) >= 11 is 0. The third-order valence-corrected chi connectivity index (χ3v) is 14.2. The molecule has 3 aliphatic carbocycles. The molecule has 2 heterocycles. The molecule has 11 atom stereocenters. The number of aliphatic hydroxyl groups is 3. The van der Waals surface area contributed by atoms with Crippen LogP contribution >= 0.6 is 0 Å². The highest BCUT2D eigenvalue weighted by molar-refractivity contribution is 5.94. The number of fused-ring (bicyclic) bond motifs is 5. The molecule has 59 heavy (non-hydrogen) atoms. The van der Waals surface area contributed by atoms with E-state index in [0.29, 0.717) is 24.1 Å². The summed E-state index contributed by atoms with van der Waals surface area (Å²) < 4.78 is 24.3. The molecule has 2 aromatic rings. The normalized spacial score (nSPS) is 34.2. The van der Waals surface area contributed by atoms with Crippen LogP contribution in [0, 0.1) is 22.7 Å². The average molecular weight is 818 g/mol. The average Bonchev–Trinajstić information content (AvgIpc) is 3.21. The van der Waals surface area contributed by atoms with Gasteiger partial charge in [-0.25, -0.2) is 9.59 Å². The van der Waals surface area contributed by atoms with Crippen molar-refractivity contribution in [1.82, 2.24) is 9.80 Å². The molecular weight excluding hydrogens is 759 g/mol. The Balaban J connectivity index is 1.23. The first kappa shape index (κ1) is 43.1. The van der Waals surface area contributed by atoms with Gasteiger partial charge in [-0.1, -0.05) is 62.4 Å². The molecule has 0 spiro atoms. The molecular formula is C45H59N3O11. The maximum absolute atomic E-state index is 14.8. The number of hydrogen-bond acceptors (Lipinski definition) is 14. The van der Waals surface area contributed by atoms with Crippen molar-refractivity contribution in [2.45, 2.75) is 102 Å². The van der Waals surface area contributed by atoms with E-state index in [9.17, 15) is 34.5 Å². The Morgan fingerprint density at radius 1 is 0.966 bits per heavy atom. The highest BCUT2D eigenvalue weighted by Crippen LogP contribution is 2.62. The van der Waals surface area contributed by atoms with Gasteiger partial charge >= 0.3 is 17.9 Å². The number of esters is 3. The molecule has 14 heteroatoms. The van der Waals surface area contributed by atoms with Gasteiger partial charge in [-0.05, 0) is 62.7 Å². The number of carbonyl (C=O) groups excluding carboxylic acids is 4.